The Balaban J connectivity index is 1.96. The van der Waals surface area contributed by atoms with E-state index in [-0.39, 0.29) is 11.9 Å². The van der Waals surface area contributed by atoms with Gasteiger partial charge in [-0.25, -0.2) is 0 Å². The maximum Gasteiger partial charge on any atom is 0.313 e. The first-order valence-corrected chi connectivity index (χ1v) is 6.59. The lowest BCUT2D eigenvalue weighted by atomic mass is 10.0. The first-order valence-electron chi connectivity index (χ1n) is 5.71. The number of ether oxygens (including phenoxy) is 1. The van der Waals surface area contributed by atoms with Gasteiger partial charge >= 0.3 is 5.97 Å². The van der Waals surface area contributed by atoms with E-state index in [0.29, 0.717) is 12.3 Å². The van der Waals surface area contributed by atoms with Gasteiger partial charge in [0.1, 0.15) is 6.61 Å². The summed E-state index contributed by atoms with van der Waals surface area (Å²) in [5.41, 5.74) is 7.24. The number of nitrogens with two attached hydrogens (primary N) is 1. The first-order chi connectivity index (χ1) is 8.66. The topological polar surface area (TPSA) is 52.3 Å². The number of hydrogen-bond donors (Lipinski definition) is 1. The lowest BCUT2D eigenvalue weighted by Crippen LogP contribution is -2.13. The van der Waals surface area contributed by atoms with E-state index in [1.807, 2.05) is 36.6 Å². The zero-order valence-electron chi connectivity index (χ0n) is 10.1. The van der Waals surface area contributed by atoms with Crippen LogP contribution in [0.5, 0.6) is 0 Å². The third-order valence-corrected chi connectivity index (χ3v) is 3.55. The highest BCUT2D eigenvalue weighted by Crippen LogP contribution is 2.20. The van der Waals surface area contributed by atoms with Crippen LogP contribution in [0.1, 0.15) is 23.3 Å². The van der Waals surface area contributed by atoms with E-state index in [4.69, 9.17) is 10.5 Å². The summed E-state index contributed by atoms with van der Waals surface area (Å²) in [4.78, 5) is 12.9. The molecule has 1 heterocycles. The summed E-state index contributed by atoms with van der Waals surface area (Å²) in [6.45, 7) is 2.16. The molecule has 2 aromatic rings. The number of rotatable bonds is 4. The Labute approximate surface area is 110 Å². The zero-order chi connectivity index (χ0) is 13.0. The number of thiophene rings is 1. The highest BCUT2D eigenvalue weighted by atomic mass is 32.1. The molecule has 2 rings (SSSR count). The molecular weight excluding hydrogens is 246 g/mol. The molecule has 0 bridgehead atoms. The van der Waals surface area contributed by atoms with Gasteiger partial charge in [0.15, 0.2) is 0 Å². The molecule has 1 atom stereocenters. The second-order valence-corrected chi connectivity index (χ2v) is 5.11. The quantitative estimate of drug-likeness (QED) is 0.679. The third-order valence-electron chi connectivity index (χ3n) is 2.70. The largest absolute Gasteiger partial charge is 0.460 e. The Morgan fingerprint density at radius 2 is 2.22 bits per heavy atom. The molecule has 4 heteroatoms. The normalized spacial score (nSPS) is 12.1. The fourth-order valence-electron chi connectivity index (χ4n) is 1.63. The summed E-state index contributed by atoms with van der Waals surface area (Å²) < 4.78 is 5.27. The molecule has 3 nitrogen and oxygen atoms in total. The molecule has 94 valence electrons. The Hall–Kier alpha value is -1.81. The van der Waals surface area contributed by atoms with Crippen LogP contribution in [0.15, 0.2) is 41.8 Å². The highest BCUT2D eigenvalue weighted by Gasteiger charge is 2.17. The number of carbonyl (C=O) groups is 1. The lowest BCUT2D eigenvalue weighted by molar-refractivity contribution is -0.146. The maximum absolute atomic E-state index is 11.9. The minimum Gasteiger partial charge on any atom is -0.460 e. The SMILES string of the molecule is CC(C(=O)OCc1cccs1)c1cccc(N)c1. The summed E-state index contributed by atoms with van der Waals surface area (Å²) in [5.74, 6) is -0.525. The van der Waals surface area contributed by atoms with Crippen molar-refractivity contribution in [1.82, 2.24) is 0 Å². The standard InChI is InChI=1S/C14H15NO2S/c1-10(11-4-2-5-12(15)8-11)14(16)17-9-13-6-3-7-18-13/h2-8,10H,9,15H2,1H3. The smallest absolute Gasteiger partial charge is 0.313 e. The van der Waals surface area contributed by atoms with Crippen molar-refractivity contribution in [3.05, 3.63) is 52.2 Å². The second kappa shape index (κ2) is 5.69. The minimum absolute atomic E-state index is 0.228. The molecule has 0 saturated heterocycles. The van der Waals surface area contributed by atoms with Crippen LogP contribution in [0.4, 0.5) is 5.69 Å². The predicted octanol–water partition coefficient (Wildman–Crippen LogP) is 3.18. The van der Waals surface area contributed by atoms with Crippen molar-refractivity contribution >= 4 is 23.0 Å². The first kappa shape index (κ1) is 12.6. The van der Waals surface area contributed by atoms with Crippen LogP contribution in [0, 0.1) is 0 Å². The summed E-state index contributed by atoms with van der Waals surface area (Å²) in [5, 5.41) is 1.96. The van der Waals surface area contributed by atoms with Gasteiger partial charge in [0.2, 0.25) is 0 Å². The van der Waals surface area contributed by atoms with E-state index in [2.05, 4.69) is 0 Å². The van der Waals surface area contributed by atoms with Crippen molar-refractivity contribution in [2.75, 3.05) is 5.73 Å². The van der Waals surface area contributed by atoms with Gasteiger partial charge in [0.05, 0.1) is 5.92 Å². The molecule has 0 spiro atoms. The van der Waals surface area contributed by atoms with Crippen LogP contribution in [0.3, 0.4) is 0 Å². The van der Waals surface area contributed by atoms with Crippen LogP contribution in [0.2, 0.25) is 0 Å². The van der Waals surface area contributed by atoms with Gasteiger partial charge in [-0.2, -0.15) is 0 Å². The van der Waals surface area contributed by atoms with E-state index in [1.54, 1.807) is 23.5 Å². The van der Waals surface area contributed by atoms with E-state index in [9.17, 15) is 4.79 Å². The molecule has 0 aliphatic rings. The fourth-order valence-corrected chi connectivity index (χ4v) is 2.24. The van der Waals surface area contributed by atoms with Gasteiger partial charge in [-0.05, 0) is 36.1 Å². The Kier molecular flexibility index (Phi) is 3.99. The second-order valence-electron chi connectivity index (χ2n) is 4.08. The van der Waals surface area contributed by atoms with Crippen molar-refractivity contribution in [2.24, 2.45) is 0 Å². The summed E-state index contributed by atoms with van der Waals surface area (Å²) in [7, 11) is 0. The third kappa shape index (κ3) is 3.11. The minimum atomic E-state index is -0.298. The average molecular weight is 261 g/mol. The Morgan fingerprint density at radius 3 is 2.89 bits per heavy atom. The number of benzene rings is 1. The van der Waals surface area contributed by atoms with Gasteiger partial charge in [0.25, 0.3) is 0 Å². The molecule has 0 fully saturated rings. The van der Waals surface area contributed by atoms with Crippen molar-refractivity contribution in [1.29, 1.82) is 0 Å². The van der Waals surface area contributed by atoms with Crippen LogP contribution >= 0.6 is 11.3 Å². The van der Waals surface area contributed by atoms with Crippen molar-refractivity contribution in [3.8, 4) is 0 Å². The number of carbonyl (C=O) groups excluding carboxylic acids is 1. The molecule has 1 aromatic heterocycles. The molecule has 0 aliphatic heterocycles. The Morgan fingerprint density at radius 1 is 1.39 bits per heavy atom. The van der Waals surface area contributed by atoms with Crippen LogP contribution in [0.25, 0.3) is 0 Å². The van der Waals surface area contributed by atoms with Gasteiger partial charge in [-0.3, -0.25) is 4.79 Å². The van der Waals surface area contributed by atoms with Crippen molar-refractivity contribution in [2.45, 2.75) is 19.4 Å². The number of anilines is 1. The number of nitrogen functional groups attached to an aromatic ring is 1. The van der Waals surface area contributed by atoms with Crippen molar-refractivity contribution < 1.29 is 9.53 Å². The number of esters is 1. The summed E-state index contributed by atoms with van der Waals surface area (Å²) in [6, 6.07) is 11.2. The zero-order valence-corrected chi connectivity index (χ0v) is 10.9. The molecule has 0 radical (unpaired) electrons. The van der Waals surface area contributed by atoms with Crippen LogP contribution in [-0.4, -0.2) is 5.97 Å². The van der Waals surface area contributed by atoms with Gasteiger partial charge in [-0.1, -0.05) is 18.2 Å². The molecule has 0 saturated carbocycles. The predicted molar refractivity (Wildman–Crippen MR) is 73.4 cm³/mol. The Bertz CT molecular complexity index is 522. The average Bonchev–Trinajstić information content (AvgIpc) is 2.88. The molecule has 0 amide bonds. The van der Waals surface area contributed by atoms with E-state index in [0.717, 1.165) is 10.4 Å². The molecule has 18 heavy (non-hydrogen) atoms. The van der Waals surface area contributed by atoms with Crippen LogP contribution < -0.4 is 5.73 Å². The molecular formula is C14H15NO2S. The highest BCUT2D eigenvalue weighted by molar-refractivity contribution is 7.09. The molecule has 2 N–H and O–H groups in total. The maximum atomic E-state index is 11.9. The van der Waals surface area contributed by atoms with Gasteiger partial charge in [0, 0.05) is 10.6 Å². The monoisotopic (exact) mass is 261 g/mol. The van der Waals surface area contributed by atoms with E-state index < -0.39 is 0 Å². The molecule has 1 unspecified atom stereocenters. The van der Waals surface area contributed by atoms with Gasteiger partial charge < -0.3 is 10.5 Å². The summed E-state index contributed by atoms with van der Waals surface area (Å²) in [6.07, 6.45) is 0. The van der Waals surface area contributed by atoms with Crippen molar-refractivity contribution in [3.63, 3.8) is 0 Å². The van der Waals surface area contributed by atoms with Crippen LogP contribution in [-0.2, 0) is 16.1 Å². The fraction of sp³-hybridized carbons (Fsp3) is 0.214. The summed E-state index contributed by atoms with van der Waals surface area (Å²) >= 11 is 1.58. The number of hydrogen-bond acceptors (Lipinski definition) is 4. The van der Waals surface area contributed by atoms with Gasteiger partial charge in [-0.15, -0.1) is 11.3 Å². The van der Waals surface area contributed by atoms with E-state index >= 15 is 0 Å². The molecule has 1 aromatic carbocycles. The van der Waals surface area contributed by atoms with E-state index in [1.165, 1.54) is 0 Å². The lowest BCUT2D eigenvalue weighted by Gasteiger charge is -2.11. The molecule has 0 aliphatic carbocycles.